The van der Waals surface area contributed by atoms with E-state index in [9.17, 15) is 0 Å². The molecule has 2 aromatic heterocycles. The first-order chi connectivity index (χ1) is 8.65. The highest BCUT2D eigenvalue weighted by Gasteiger charge is 2.20. The van der Waals surface area contributed by atoms with Gasteiger partial charge in [0, 0.05) is 14.6 Å². The molecule has 1 nitrogen and oxygen atoms in total. The van der Waals surface area contributed by atoms with Crippen molar-refractivity contribution in [1.82, 2.24) is 0 Å². The number of nitrogens with two attached hydrogens (primary N) is 1. The molecule has 0 fully saturated rings. The van der Waals surface area contributed by atoms with Gasteiger partial charge in [0.15, 0.2) is 0 Å². The summed E-state index contributed by atoms with van der Waals surface area (Å²) in [6.07, 6.45) is 5.07. The third-order valence-corrected chi connectivity index (χ3v) is 7.17. The average Bonchev–Trinajstić information content (AvgIpc) is 2.93. The van der Waals surface area contributed by atoms with Crippen LogP contribution in [0.3, 0.4) is 0 Å². The predicted molar refractivity (Wildman–Crippen MR) is 84.0 cm³/mol. The van der Waals surface area contributed by atoms with Crippen LogP contribution in [0, 0.1) is 0 Å². The summed E-state index contributed by atoms with van der Waals surface area (Å²) in [5, 5.41) is 0.756. The van der Waals surface area contributed by atoms with E-state index in [0.29, 0.717) is 0 Å². The van der Waals surface area contributed by atoms with Gasteiger partial charge in [-0.15, -0.1) is 22.7 Å². The van der Waals surface area contributed by atoms with Crippen LogP contribution in [0.4, 0.5) is 0 Å². The van der Waals surface area contributed by atoms with E-state index in [4.69, 9.17) is 17.3 Å². The number of fused-ring (bicyclic) bond motifs is 1. The zero-order valence-corrected chi connectivity index (χ0v) is 13.7. The second-order valence-electron chi connectivity index (χ2n) is 4.55. The molecule has 0 aliphatic heterocycles. The number of thiophene rings is 2. The van der Waals surface area contributed by atoms with Crippen molar-refractivity contribution >= 4 is 50.2 Å². The molecule has 0 saturated carbocycles. The maximum absolute atomic E-state index is 6.35. The first kappa shape index (κ1) is 13.1. The Morgan fingerprint density at radius 2 is 1.89 bits per heavy atom. The molecule has 0 aromatic carbocycles. The highest BCUT2D eigenvalue weighted by atomic mass is 79.9. The first-order valence-corrected chi connectivity index (χ1v) is 8.77. The molecule has 0 amide bonds. The van der Waals surface area contributed by atoms with Gasteiger partial charge in [0.1, 0.15) is 0 Å². The summed E-state index contributed by atoms with van der Waals surface area (Å²) in [6.45, 7) is 0. The Balaban J connectivity index is 1.92. The third-order valence-electron chi connectivity index (χ3n) is 3.29. The fourth-order valence-electron chi connectivity index (χ4n) is 2.32. The summed E-state index contributed by atoms with van der Waals surface area (Å²) in [7, 11) is 0. The van der Waals surface area contributed by atoms with Crippen molar-refractivity contribution in [3.05, 3.63) is 41.1 Å². The minimum absolute atomic E-state index is 0.0330. The molecule has 0 saturated heterocycles. The highest BCUT2D eigenvalue weighted by Crippen LogP contribution is 2.39. The first-order valence-electron chi connectivity index (χ1n) is 5.97. The second kappa shape index (κ2) is 5.25. The van der Waals surface area contributed by atoms with E-state index in [-0.39, 0.29) is 6.04 Å². The van der Waals surface area contributed by atoms with Gasteiger partial charge in [-0.1, -0.05) is 11.6 Å². The number of rotatable bonds is 2. The number of hydrogen-bond acceptors (Lipinski definition) is 3. The lowest BCUT2D eigenvalue weighted by Crippen LogP contribution is -2.08. The van der Waals surface area contributed by atoms with E-state index in [1.165, 1.54) is 41.0 Å². The SMILES string of the molecule is NC(c1cc(Cl)c(Br)s1)c1cc2c(s1)CCCC2. The molecule has 1 unspecified atom stereocenters. The van der Waals surface area contributed by atoms with Crippen molar-refractivity contribution in [3.63, 3.8) is 0 Å². The summed E-state index contributed by atoms with van der Waals surface area (Å²) < 4.78 is 0.968. The van der Waals surface area contributed by atoms with Crippen LogP contribution < -0.4 is 5.73 Å². The van der Waals surface area contributed by atoms with Gasteiger partial charge in [0.2, 0.25) is 0 Å². The average molecular weight is 363 g/mol. The van der Waals surface area contributed by atoms with Crippen molar-refractivity contribution in [2.75, 3.05) is 0 Å². The monoisotopic (exact) mass is 361 g/mol. The Kier molecular flexibility index (Phi) is 3.83. The van der Waals surface area contributed by atoms with Crippen molar-refractivity contribution in [2.45, 2.75) is 31.7 Å². The Hall–Kier alpha value is 0.130. The lowest BCUT2D eigenvalue weighted by Gasteiger charge is -2.08. The minimum atomic E-state index is -0.0330. The van der Waals surface area contributed by atoms with Crippen LogP contribution in [0.15, 0.2) is 15.9 Å². The van der Waals surface area contributed by atoms with E-state index < -0.39 is 0 Å². The van der Waals surface area contributed by atoms with Crippen LogP contribution in [0.25, 0.3) is 0 Å². The molecule has 3 rings (SSSR count). The molecule has 5 heteroatoms. The van der Waals surface area contributed by atoms with Crippen LogP contribution in [0.1, 0.15) is 39.1 Å². The fourth-order valence-corrected chi connectivity index (χ4v) is 5.44. The van der Waals surface area contributed by atoms with Crippen molar-refractivity contribution in [1.29, 1.82) is 0 Å². The smallest absolute Gasteiger partial charge is 0.0888 e. The van der Waals surface area contributed by atoms with Crippen LogP contribution in [0.2, 0.25) is 5.02 Å². The number of aryl methyl sites for hydroxylation is 2. The zero-order chi connectivity index (χ0) is 12.7. The van der Waals surface area contributed by atoms with Crippen LogP contribution >= 0.6 is 50.2 Å². The normalized spacial score (nSPS) is 16.6. The summed E-state index contributed by atoms with van der Waals surface area (Å²) >= 11 is 13.0. The van der Waals surface area contributed by atoms with Crippen molar-refractivity contribution in [3.8, 4) is 0 Å². The molecule has 1 aliphatic carbocycles. The van der Waals surface area contributed by atoms with Gasteiger partial charge >= 0.3 is 0 Å². The van der Waals surface area contributed by atoms with Gasteiger partial charge in [0.05, 0.1) is 14.9 Å². The minimum Gasteiger partial charge on any atom is -0.319 e. The molecule has 1 aliphatic rings. The van der Waals surface area contributed by atoms with Crippen LogP contribution in [-0.4, -0.2) is 0 Å². The highest BCUT2D eigenvalue weighted by molar-refractivity contribution is 9.11. The van der Waals surface area contributed by atoms with Gasteiger partial charge in [0.25, 0.3) is 0 Å². The Morgan fingerprint density at radius 3 is 2.56 bits per heavy atom. The maximum Gasteiger partial charge on any atom is 0.0888 e. The molecule has 96 valence electrons. The molecule has 0 bridgehead atoms. The van der Waals surface area contributed by atoms with E-state index >= 15 is 0 Å². The largest absolute Gasteiger partial charge is 0.319 e. The number of halogens is 2. The van der Waals surface area contributed by atoms with Gasteiger partial charge in [-0.2, -0.15) is 0 Å². The zero-order valence-electron chi connectivity index (χ0n) is 9.71. The van der Waals surface area contributed by atoms with E-state index in [1.54, 1.807) is 11.3 Å². The molecule has 0 radical (unpaired) electrons. The van der Waals surface area contributed by atoms with Gasteiger partial charge in [-0.05, 0) is 59.3 Å². The molecular formula is C13H13BrClNS2. The molecule has 2 N–H and O–H groups in total. The summed E-state index contributed by atoms with van der Waals surface area (Å²) in [5.41, 5.74) is 7.86. The van der Waals surface area contributed by atoms with Crippen molar-refractivity contribution in [2.24, 2.45) is 5.73 Å². The Morgan fingerprint density at radius 1 is 1.17 bits per heavy atom. The molecular weight excluding hydrogens is 350 g/mol. The van der Waals surface area contributed by atoms with Gasteiger partial charge in [-0.3, -0.25) is 0 Å². The van der Waals surface area contributed by atoms with Crippen LogP contribution in [0.5, 0.6) is 0 Å². The lowest BCUT2D eigenvalue weighted by atomic mass is 9.99. The second-order valence-corrected chi connectivity index (χ2v) is 8.53. The maximum atomic E-state index is 6.35. The van der Waals surface area contributed by atoms with E-state index in [2.05, 4.69) is 22.0 Å². The van der Waals surface area contributed by atoms with Gasteiger partial charge < -0.3 is 5.73 Å². The van der Waals surface area contributed by atoms with E-state index in [1.807, 2.05) is 17.4 Å². The predicted octanol–water partition coefficient (Wildman–Crippen LogP) is 5.15. The topological polar surface area (TPSA) is 26.0 Å². The van der Waals surface area contributed by atoms with Gasteiger partial charge in [-0.25, -0.2) is 0 Å². The van der Waals surface area contributed by atoms with Crippen molar-refractivity contribution < 1.29 is 0 Å². The lowest BCUT2D eigenvalue weighted by molar-refractivity contribution is 0.696. The third kappa shape index (κ3) is 2.41. The Bertz CT molecular complexity index is 533. The molecule has 2 aromatic rings. The molecule has 1 atom stereocenters. The summed E-state index contributed by atoms with van der Waals surface area (Å²) in [4.78, 5) is 3.94. The standard InChI is InChI=1S/C13H13BrClNS2/c14-13-8(15)6-11(18-13)12(16)10-5-7-3-1-2-4-9(7)17-10/h5-6,12H,1-4,16H2. The summed E-state index contributed by atoms with van der Waals surface area (Å²) in [5.74, 6) is 0. The van der Waals surface area contributed by atoms with Crippen LogP contribution in [-0.2, 0) is 12.8 Å². The number of hydrogen-bond donors (Lipinski definition) is 1. The molecule has 18 heavy (non-hydrogen) atoms. The molecule has 2 heterocycles. The quantitative estimate of drug-likeness (QED) is 0.785. The summed E-state index contributed by atoms with van der Waals surface area (Å²) in [6, 6.07) is 4.24. The molecule has 0 spiro atoms. The Labute approximate surface area is 128 Å². The van der Waals surface area contributed by atoms with E-state index in [0.717, 1.165) is 13.7 Å². The fraction of sp³-hybridized carbons (Fsp3) is 0.385.